The van der Waals surface area contributed by atoms with E-state index >= 15 is 0 Å². The van der Waals surface area contributed by atoms with Gasteiger partial charge in [0.2, 0.25) is 5.91 Å². The molecule has 108 valence electrons. The van der Waals surface area contributed by atoms with E-state index in [4.69, 9.17) is 10.8 Å². The second-order valence-electron chi connectivity index (χ2n) is 5.03. The number of carbonyl (C=O) groups is 2. The number of anilines is 1. The first kappa shape index (κ1) is 15.8. The molecule has 1 atom stereocenters. The molecule has 0 unspecified atom stereocenters. The van der Waals surface area contributed by atoms with Crippen LogP contribution in [0.1, 0.15) is 25.8 Å². The van der Waals surface area contributed by atoms with Crippen LogP contribution in [0.5, 0.6) is 0 Å². The second-order valence-corrected chi connectivity index (χ2v) is 5.03. The van der Waals surface area contributed by atoms with Crippen LogP contribution in [0.2, 0.25) is 0 Å². The number of aliphatic carboxylic acids is 1. The van der Waals surface area contributed by atoms with Gasteiger partial charge in [-0.25, -0.2) is 4.79 Å². The summed E-state index contributed by atoms with van der Waals surface area (Å²) in [5.41, 5.74) is 7.03. The Balaban J connectivity index is 2.61. The van der Waals surface area contributed by atoms with Crippen LogP contribution in [0.3, 0.4) is 0 Å². The number of nitrogens with one attached hydrogen (secondary N) is 1. The second kappa shape index (κ2) is 7.33. The summed E-state index contributed by atoms with van der Waals surface area (Å²) in [7, 11) is 0. The lowest BCUT2D eigenvalue weighted by molar-refractivity contribution is -0.141. The normalized spacial score (nSPS) is 12.6. The van der Waals surface area contributed by atoms with Crippen LogP contribution >= 0.6 is 0 Å². The van der Waals surface area contributed by atoms with Crippen molar-refractivity contribution in [2.75, 3.05) is 5.73 Å². The molecular weight excluding hydrogens is 256 g/mol. The van der Waals surface area contributed by atoms with Crippen LogP contribution in [0.4, 0.5) is 5.69 Å². The summed E-state index contributed by atoms with van der Waals surface area (Å²) in [6, 6.07) is 6.16. The van der Waals surface area contributed by atoms with E-state index < -0.39 is 17.9 Å². The van der Waals surface area contributed by atoms with Crippen LogP contribution in [-0.4, -0.2) is 23.0 Å². The number of hydrogen-bond donors (Lipinski definition) is 3. The van der Waals surface area contributed by atoms with Crippen molar-refractivity contribution in [1.29, 1.82) is 0 Å². The van der Waals surface area contributed by atoms with Gasteiger partial charge in [-0.3, -0.25) is 4.79 Å². The van der Waals surface area contributed by atoms with E-state index in [2.05, 4.69) is 5.32 Å². The Bertz CT molecular complexity index is 492. The number of carboxylic acid groups (broad SMARTS) is 1. The number of nitrogens with two attached hydrogens (primary N) is 1. The fourth-order valence-electron chi connectivity index (χ4n) is 1.69. The maximum atomic E-state index is 11.7. The molecule has 5 heteroatoms. The summed E-state index contributed by atoms with van der Waals surface area (Å²) in [6.07, 6.45) is 3.33. The van der Waals surface area contributed by atoms with Gasteiger partial charge >= 0.3 is 5.97 Å². The molecule has 0 aliphatic carbocycles. The lowest BCUT2D eigenvalue weighted by atomic mass is 10.0. The largest absolute Gasteiger partial charge is 0.480 e. The molecule has 0 aliphatic rings. The van der Waals surface area contributed by atoms with Crippen LogP contribution in [0.15, 0.2) is 30.3 Å². The Morgan fingerprint density at radius 3 is 2.40 bits per heavy atom. The summed E-state index contributed by atoms with van der Waals surface area (Å²) in [6.45, 7) is 3.82. The minimum atomic E-state index is -1.02. The molecule has 0 spiro atoms. The first-order chi connectivity index (χ1) is 9.38. The van der Waals surface area contributed by atoms with Gasteiger partial charge in [0.1, 0.15) is 6.04 Å². The predicted molar refractivity (Wildman–Crippen MR) is 78.9 cm³/mol. The Morgan fingerprint density at radius 1 is 1.30 bits per heavy atom. The third kappa shape index (κ3) is 5.56. The molecule has 20 heavy (non-hydrogen) atoms. The molecule has 0 fully saturated rings. The molecule has 0 saturated carbocycles. The smallest absolute Gasteiger partial charge is 0.326 e. The molecule has 5 nitrogen and oxygen atoms in total. The van der Waals surface area contributed by atoms with Crippen LogP contribution in [0.25, 0.3) is 6.08 Å². The van der Waals surface area contributed by atoms with Gasteiger partial charge in [0.05, 0.1) is 0 Å². The van der Waals surface area contributed by atoms with Crippen LogP contribution in [0, 0.1) is 5.92 Å². The van der Waals surface area contributed by atoms with E-state index in [-0.39, 0.29) is 5.92 Å². The minimum Gasteiger partial charge on any atom is -0.480 e. The number of carbonyl (C=O) groups excluding carboxylic acids is 1. The summed E-state index contributed by atoms with van der Waals surface area (Å²) < 4.78 is 0. The van der Waals surface area contributed by atoms with Crippen molar-refractivity contribution in [2.24, 2.45) is 5.92 Å². The molecule has 0 radical (unpaired) electrons. The minimum absolute atomic E-state index is 0.192. The number of hydrogen-bond acceptors (Lipinski definition) is 3. The van der Waals surface area contributed by atoms with Gasteiger partial charge in [-0.15, -0.1) is 0 Å². The molecule has 1 amide bonds. The SMILES string of the molecule is CC(C)C[C@@H](NC(=O)/C=C/c1ccc(N)cc1)C(=O)O. The van der Waals surface area contributed by atoms with E-state index in [1.54, 1.807) is 30.3 Å². The summed E-state index contributed by atoms with van der Waals surface area (Å²) in [4.78, 5) is 22.7. The van der Waals surface area contributed by atoms with E-state index in [9.17, 15) is 9.59 Å². The standard InChI is InChI=1S/C15H20N2O3/c1-10(2)9-13(15(19)20)17-14(18)8-5-11-3-6-12(16)7-4-11/h3-8,10,13H,9,16H2,1-2H3,(H,17,18)(H,19,20)/b8-5+/t13-/m1/s1. The average molecular weight is 276 g/mol. The molecule has 4 N–H and O–H groups in total. The number of amides is 1. The molecule has 0 bridgehead atoms. The van der Waals surface area contributed by atoms with Gasteiger partial charge < -0.3 is 16.2 Å². The van der Waals surface area contributed by atoms with Crippen molar-refractivity contribution in [2.45, 2.75) is 26.3 Å². The zero-order valence-electron chi connectivity index (χ0n) is 11.7. The summed E-state index contributed by atoms with van der Waals surface area (Å²) >= 11 is 0. The van der Waals surface area contributed by atoms with E-state index in [1.165, 1.54) is 6.08 Å². The van der Waals surface area contributed by atoms with E-state index in [1.807, 2.05) is 13.8 Å². The highest BCUT2D eigenvalue weighted by Crippen LogP contribution is 2.08. The average Bonchev–Trinajstić information content (AvgIpc) is 2.36. The van der Waals surface area contributed by atoms with Gasteiger partial charge in [-0.1, -0.05) is 26.0 Å². The van der Waals surface area contributed by atoms with Crippen molar-refractivity contribution in [3.8, 4) is 0 Å². The number of benzene rings is 1. The molecule has 0 heterocycles. The lowest BCUT2D eigenvalue weighted by Crippen LogP contribution is -2.40. The maximum Gasteiger partial charge on any atom is 0.326 e. The van der Waals surface area contributed by atoms with Crippen molar-refractivity contribution >= 4 is 23.6 Å². The molecule has 1 aromatic carbocycles. The van der Waals surface area contributed by atoms with Crippen molar-refractivity contribution in [3.05, 3.63) is 35.9 Å². The van der Waals surface area contributed by atoms with Gasteiger partial charge in [0.25, 0.3) is 0 Å². The van der Waals surface area contributed by atoms with Gasteiger partial charge in [-0.2, -0.15) is 0 Å². The quantitative estimate of drug-likeness (QED) is 0.546. The Morgan fingerprint density at radius 2 is 1.90 bits per heavy atom. The monoisotopic (exact) mass is 276 g/mol. The third-order valence-corrected chi connectivity index (χ3v) is 2.69. The molecular formula is C15H20N2O3. The lowest BCUT2D eigenvalue weighted by Gasteiger charge is -2.15. The zero-order chi connectivity index (χ0) is 15.1. The van der Waals surface area contributed by atoms with Gasteiger partial charge in [0, 0.05) is 11.8 Å². The molecule has 1 aromatic rings. The number of carboxylic acids is 1. The zero-order valence-corrected chi connectivity index (χ0v) is 11.7. The van der Waals surface area contributed by atoms with Gasteiger partial charge in [0.15, 0.2) is 0 Å². The Hall–Kier alpha value is -2.30. The Kier molecular flexibility index (Phi) is 5.77. The first-order valence-electron chi connectivity index (χ1n) is 6.45. The van der Waals surface area contributed by atoms with Crippen molar-refractivity contribution < 1.29 is 14.7 Å². The Labute approximate surface area is 118 Å². The van der Waals surface area contributed by atoms with Crippen LogP contribution < -0.4 is 11.1 Å². The predicted octanol–water partition coefficient (Wildman–Crippen LogP) is 1.90. The van der Waals surface area contributed by atoms with E-state index in [0.29, 0.717) is 12.1 Å². The number of nitrogen functional groups attached to an aromatic ring is 1. The highest BCUT2D eigenvalue weighted by Gasteiger charge is 2.19. The maximum absolute atomic E-state index is 11.7. The highest BCUT2D eigenvalue weighted by molar-refractivity contribution is 5.94. The highest BCUT2D eigenvalue weighted by atomic mass is 16.4. The first-order valence-corrected chi connectivity index (χ1v) is 6.45. The molecule has 0 saturated heterocycles. The van der Waals surface area contributed by atoms with E-state index in [0.717, 1.165) is 5.56 Å². The van der Waals surface area contributed by atoms with Crippen molar-refractivity contribution in [1.82, 2.24) is 5.32 Å². The fraction of sp³-hybridized carbons (Fsp3) is 0.333. The molecule has 0 aliphatic heterocycles. The van der Waals surface area contributed by atoms with Crippen LogP contribution in [-0.2, 0) is 9.59 Å². The third-order valence-electron chi connectivity index (χ3n) is 2.69. The number of rotatable bonds is 6. The molecule has 0 aromatic heterocycles. The molecule has 1 rings (SSSR count). The fourth-order valence-corrected chi connectivity index (χ4v) is 1.69. The van der Waals surface area contributed by atoms with Crippen molar-refractivity contribution in [3.63, 3.8) is 0 Å². The summed E-state index contributed by atoms with van der Waals surface area (Å²) in [5, 5.41) is 11.5. The topological polar surface area (TPSA) is 92.4 Å². The van der Waals surface area contributed by atoms with Gasteiger partial charge in [-0.05, 0) is 36.1 Å². The summed E-state index contributed by atoms with van der Waals surface area (Å²) in [5.74, 6) is -1.25.